The lowest BCUT2D eigenvalue weighted by Gasteiger charge is -2.29. The van der Waals surface area contributed by atoms with Crippen LogP contribution in [0.3, 0.4) is 0 Å². The van der Waals surface area contributed by atoms with E-state index >= 15 is 0 Å². The number of carbonyl (C=O) groups excluding carboxylic acids is 1. The largest absolute Gasteiger partial charge is 0.481 e. The molecule has 1 fully saturated rings. The van der Waals surface area contributed by atoms with Gasteiger partial charge in [-0.2, -0.15) is 0 Å². The number of amides is 2. The van der Waals surface area contributed by atoms with E-state index in [0.717, 1.165) is 32.1 Å². The first-order valence-corrected chi connectivity index (χ1v) is 8.34. The molecule has 1 aliphatic carbocycles. The number of aliphatic carboxylic acids is 1. The van der Waals surface area contributed by atoms with Crippen molar-refractivity contribution >= 4 is 12.0 Å². The van der Waals surface area contributed by atoms with Crippen LogP contribution in [0.4, 0.5) is 4.79 Å². The average Bonchev–Trinajstić information content (AvgIpc) is 2.43. The van der Waals surface area contributed by atoms with Gasteiger partial charge in [-0.3, -0.25) is 4.79 Å². The van der Waals surface area contributed by atoms with Crippen LogP contribution in [0.2, 0.25) is 0 Å². The third-order valence-electron chi connectivity index (χ3n) is 4.27. The Labute approximate surface area is 127 Å². The lowest BCUT2D eigenvalue weighted by molar-refractivity contribution is -0.143. The third-order valence-corrected chi connectivity index (χ3v) is 4.27. The minimum atomic E-state index is -0.799. The van der Waals surface area contributed by atoms with E-state index in [1.165, 1.54) is 19.3 Å². The highest BCUT2D eigenvalue weighted by molar-refractivity contribution is 5.77. The minimum absolute atomic E-state index is 0.133. The Kier molecular flexibility index (Phi) is 8.16. The molecule has 0 bridgehead atoms. The quantitative estimate of drug-likeness (QED) is 0.602. The number of unbranched alkanes of at least 4 members (excludes halogenated alkanes) is 3. The van der Waals surface area contributed by atoms with Crippen molar-refractivity contribution in [2.24, 2.45) is 5.92 Å². The van der Waals surface area contributed by atoms with Gasteiger partial charge >= 0.3 is 12.0 Å². The fourth-order valence-corrected chi connectivity index (χ4v) is 2.98. The summed E-state index contributed by atoms with van der Waals surface area (Å²) < 4.78 is 0. The number of carbonyl (C=O) groups is 2. The summed E-state index contributed by atoms with van der Waals surface area (Å²) in [5.74, 6) is -1.24. The van der Waals surface area contributed by atoms with Gasteiger partial charge in [0.05, 0.1) is 5.92 Å². The van der Waals surface area contributed by atoms with E-state index in [4.69, 9.17) is 0 Å². The second-order valence-electron chi connectivity index (χ2n) is 6.20. The predicted octanol–water partition coefficient (Wildman–Crippen LogP) is 3.29. The smallest absolute Gasteiger partial charge is 0.315 e. The van der Waals surface area contributed by atoms with Gasteiger partial charge in [0, 0.05) is 12.1 Å². The molecule has 3 N–H and O–H groups in total. The molecule has 3 atom stereocenters. The molecular formula is C16H30N2O3. The van der Waals surface area contributed by atoms with E-state index < -0.39 is 11.9 Å². The van der Waals surface area contributed by atoms with Crippen LogP contribution in [0.1, 0.15) is 71.6 Å². The van der Waals surface area contributed by atoms with Gasteiger partial charge in [-0.25, -0.2) is 4.79 Å². The molecule has 0 spiro atoms. The second-order valence-corrected chi connectivity index (χ2v) is 6.20. The monoisotopic (exact) mass is 298 g/mol. The summed E-state index contributed by atoms with van der Waals surface area (Å²) in [5, 5.41) is 15.0. The zero-order valence-corrected chi connectivity index (χ0v) is 13.4. The van der Waals surface area contributed by atoms with Gasteiger partial charge in [0.2, 0.25) is 0 Å². The predicted molar refractivity (Wildman–Crippen MR) is 83.3 cm³/mol. The van der Waals surface area contributed by atoms with Crippen LogP contribution >= 0.6 is 0 Å². The summed E-state index contributed by atoms with van der Waals surface area (Å²) in [6.45, 7) is 4.18. The first-order valence-electron chi connectivity index (χ1n) is 8.34. The Balaban J connectivity index is 2.29. The highest BCUT2D eigenvalue weighted by atomic mass is 16.4. The van der Waals surface area contributed by atoms with E-state index in [1.807, 2.05) is 6.92 Å². The summed E-state index contributed by atoms with van der Waals surface area (Å²) in [6, 6.07) is -0.326. The van der Waals surface area contributed by atoms with Gasteiger partial charge in [-0.1, -0.05) is 45.4 Å². The van der Waals surface area contributed by atoms with Crippen LogP contribution in [-0.4, -0.2) is 29.2 Å². The molecule has 0 radical (unpaired) electrons. The van der Waals surface area contributed by atoms with E-state index in [9.17, 15) is 14.7 Å². The van der Waals surface area contributed by atoms with Crippen molar-refractivity contribution in [3.8, 4) is 0 Å². The van der Waals surface area contributed by atoms with Crippen molar-refractivity contribution in [1.82, 2.24) is 10.6 Å². The standard InChI is InChI=1S/C16H30N2O3/c1-3-4-5-6-9-12(2)17-16(21)18-14-11-8-7-10-13(14)15(19)20/h12-14H,3-11H2,1-2H3,(H,19,20)(H2,17,18,21). The zero-order valence-electron chi connectivity index (χ0n) is 13.4. The normalized spacial score (nSPS) is 23.3. The number of urea groups is 1. The molecule has 122 valence electrons. The summed E-state index contributed by atoms with van der Waals surface area (Å²) in [7, 11) is 0. The minimum Gasteiger partial charge on any atom is -0.481 e. The molecule has 1 aliphatic rings. The molecule has 0 aromatic rings. The van der Waals surface area contributed by atoms with Crippen molar-refractivity contribution in [3.63, 3.8) is 0 Å². The molecule has 0 aliphatic heterocycles. The van der Waals surface area contributed by atoms with E-state index in [1.54, 1.807) is 0 Å². The van der Waals surface area contributed by atoms with E-state index in [0.29, 0.717) is 6.42 Å². The van der Waals surface area contributed by atoms with E-state index in [2.05, 4.69) is 17.6 Å². The molecule has 2 amide bonds. The summed E-state index contributed by atoms with van der Waals surface area (Å²) >= 11 is 0. The van der Waals surface area contributed by atoms with Crippen LogP contribution in [0.25, 0.3) is 0 Å². The van der Waals surface area contributed by atoms with Crippen LogP contribution < -0.4 is 10.6 Å². The van der Waals surface area contributed by atoms with Crippen LogP contribution in [0, 0.1) is 5.92 Å². The lowest BCUT2D eigenvalue weighted by atomic mass is 9.84. The maximum Gasteiger partial charge on any atom is 0.315 e. The average molecular weight is 298 g/mol. The molecule has 5 nitrogen and oxygen atoms in total. The van der Waals surface area contributed by atoms with Crippen molar-refractivity contribution in [3.05, 3.63) is 0 Å². The SMILES string of the molecule is CCCCCCC(C)NC(=O)NC1CCCCC1C(=O)O. The van der Waals surface area contributed by atoms with Crippen LogP contribution in [0.15, 0.2) is 0 Å². The van der Waals surface area contributed by atoms with Crippen LogP contribution in [0.5, 0.6) is 0 Å². The topological polar surface area (TPSA) is 78.4 Å². The fraction of sp³-hybridized carbons (Fsp3) is 0.875. The number of hydrogen-bond acceptors (Lipinski definition) is 2. The number of nitrogens with one attached hydrogen (secondary N) is 2. The molecule has 5 heteroatoms. The van der Waals surface area contributed by atoms with Gasteiger partial charge < -0.3 is 15.7 Å². The molecule has 1 saturated carbocycles. The number of carboxylic acid groups (broad SMARTS) is 1. The second kappa shape index (κ2) is 9.64. The molecule has 0 aromatic heterocycles. The Morgan fingerprint density at radius 2 is 1.90 bits per heavy atom. The Morgan fingerprint density at radius 1 is 1.19 bits per heavy atom. The van der Waals surface area contributed by atoms with Gasteiger partial charge in [-0.05, 0) is 26.2 Å². The molecule has 1 rings (SSSR count). The van der Waals surface area contributed by atoms with Gasteiger partial charge in [0.15, 0.2) is 0 Å². The lowest BCUT2D eigenvalue weighted by Crippen LogP contribution is -2.50. The number of rotatable bonds is 8. The Morgan fingerprint density at radius 3 is 2.57 bits per heavy atom. The number of carboxylic acids is 1. The molecule has 0 saturated heterocycles. The highest BCUT2D eigenvalue weighted by Crippen LogP contribution is 2.24. The molecule has 0 heterocycles. The molecular weight excluding hydrogens is 268 g/mol. The fourth-order valence-electron chi connectivity index (χ4n) is 2.98. The maximum absolute atomic E-state index is 12.0. The third kappa shape index (κ3) is 6.82. The Hall–Kier alpha value is -1.26. The van der Waals surface area contributed by atoms with Gasteiger partial charge in [0.25, 0.3) is 0 Å². The molecule has 21 heavy (non-hydrogen) atoms. The highest BCUT2D eigenvalue weighted by Gasteiger charge is 2.31. The number of hydrogen-bond donors (Lipinski definition) is 3. The zero-order chi connectivity index (χ0) is 15.7. The summed E-state index contributed by atoms with van der Waals surface area (Å²) in [4.78, 5) is 23.2. The van der Waals surface area contributed by atoms with Crippen molar-refractivity contribution in [2.75, 3.05) is 0 Å². The van der Waals surface area contributed by atoms with Crippen LogP contribution in [-0.2, 0) is 4.79 Å². The summed E-state index contributed by atoms with van der Waals surface area (Å²) in [6.07, 6.45) is 9.08. The van der Waals surface area contributed by atoms with Crippen molar-refractivity contribution in [1.29, 1.82) is 0 Å². The van der Waals surface area contributed by atoms with Crippen molar-refractivity contribution < 1.29 is 14.7 Å². The van der Waals surface area contributed by atoms with Gasteiger partial charge in [-0.15, -0.1) is 0 Å². The van der Waals surface area contributed by atoms with E-state index in [-0.39, 0.29) is 18.1 Å². The first-order chi connectivity index (χ1) is 10.0. The first kappa shape index (κ1) is 17.8. The Bertz CT molecular complexity index is 333. The van der Waals surface area contributed by atoms with Crippen molar-refractivity contribution in [2.45, 2.75) is 83.7 Å². The molecule has 0 aromatic carbocycles. The maximum atomic E-state index is 12.0. The van der Waals surface area contributed by atoms with Gasteiger partial charge in [0.1, 0.15) is 0 Å². The summed E-state index contributed by atoms with van der Waals surface area (Å²) in [5.41, 5.74) is 0. The molecule has 3 unspecified atom stereocenters.